The van der Waals surface area contributed by atoms with Gasteiger partial charge in [-0.15, -0.1) is 0 Å². The molecule has 2 heterocycles. The van der Waals surface area contributed by atoms with Crippen molar-refractivity contribution in [3.05, 3.63) is 23.1 Å². The summed E-state index contributed by atoms with van der Waals surface area (Å²) in [5.74, 6) is 2.68. The van der Waals surface area contributed by atoms with Crippen molar-refractivity contribution in [1.29, 1.82) is 0 Å². The van der Waals surface area contributed by atoms with Gasteiger partial charge in [0.2, 0.25) is 11.9 Å². The summed E-state index contributed by atoms with van der Waals surface area (Å²) in [4.78, 5) is 28.8. The molecule has 2 aromatic rings. The number of rotatable bonds is 6. The zero-order valence-corrected chi connectivity index (χ0v) is 20.1. The van der Waals surface area contributed by atoms with Crippen LogP contribution in [0.2, 0.25) is 0 Å². The van der Waals surface area contributed by atoms with E-state index in [4.69, 9.17) is 0 Å². The minimum absolute atomic E-state index is 0.0664. The molecule has 2 aliphatic rings. The molecule has 31 heavy (non-hydrogen) atoms. The predicted molar refractivity (Wildman–Crippen MR) is 128 cm³/mol. The van der Waals surface area contributed by atoms with E-state index < -0.39 is 0 Å². The fourth-order valence-electron chi connectivity index (χ4n) is 4.03. The Kier molecular flexibility index (Phi) is 9.95. The van der Waals surface area contributed by atoms with Gasteiger partial charge in [0.25, 0.3) is 0 Å². The number of anilines is 3. The Morgan fingerprint density at radius 2 is 1.77 bits per heavy atom. The van der Waals surface area contributed by atoms with Gasteiger partial charge in [-0.05, 0) is 46.0 Å². The molecule has 0 spiro atoms. The molecule has 7 nitrogen and oxygen atoms in total. The Hall–Kier alpha value is -2.44. The fourth-order valence-corrected chi connectivity index (χ4v) is 4.03. The molecule has 0 aromatic carbocycles. The molecule has 2 aliphatic carbocycles. The van der Waals surface area contributed by atoms with Crippen LogP contribution in [-0.4, -0.2) is 31.8 Å². The summed E-state index contributed by atoms with van der Waals surface area (Å²) in [5.41, 5.74) is 3.43. The number of ketones is 1. The Labute approximate surface area is 187 Å². The lowest BCUT2D eigenvalue weighted by Crippen LogP contribution is -2.25. The molecule has 3 N–H and O–H groups in total. The third-order valence-corrected chi connectivity index (χ3v) is 5.77. The minimum Gasteiger partial charge on any atom is -0.345 e. The van der Waals surface area contributed by atoms with Crippen LogP contribution in [0.25, 0.3) is 0 Å². The van der Waals surface area contributed by atoms with Gasteiger partial charge in [-0.2, -0.15) is 4.98 Å². The molecule has 4 rings (SSSR count). The molecule has 7 heteroatoms. The van der Waals surface area contributed by atoms with Gasteiger partial charge >= 0.3 is 0 Å². The van der Waals surface area contributed by atoms with Gasteiger partial charge in [0, 0.05) is 17.2 Å². The number of nitrogens with zero attached hydrogens (tertiary/aromatic N) is 3. The van der Waals surface area contributed by atoms with E-state index in [1.807, 2.05) is 40.8 Å². The Morgan fingerprint density at radius 1 is 1.06 bits per heavy atom. The highest BCUT2D eigenvalue weighted by Gasteiger charge is 2.22. The van der Waals surface area contributed by atoms with Crippen molar-refractivity contribution < 1.29 is 4.79 Å². The third-order valence-electron chi connectivity index (χ3n) is 5.77. The van der Waals surface area contributed by atoms with Gasteiger partial charge in [0.05, 0.1) is 17.9 Å². The van der Waals surface area contributed by atoms with Crippen molar-refractivity contribution in [3.8, 4) is 0 Å². The van der Waals surface area contributed by atoms with Crippen molar-refractivity contribution in [2.24, 2.45) is 0 Å². The van der Waals surface area contributed by atoms with E-state index in [1.165, 1.54) is 37.8 Å². The summed E-state index contributed by atoms with van der Waals surface area (Å²) in [7, 11) is 0. The van der Waals surface area contributed by atoms with Gasteiger partial charge in [0.15, 0.2) is 5.78 Å². The van der Waals surface area contributed by atoms with Gasteiger partial charge < -0.3 is 15.6 Å². The lowest BCUT2D eigenvalue weighted by Gasteiger charge is -2.19. The summed E-state index contributed by atoms with van der Waals surface area (Å²) in [6.07, 6.45) is 11.4. The molecule has 0 amide bonds. The number of Topliss-reactive ketones (excluding diaryl/α,β-unsaturated/α-hetero) is 1. The number of H-pyrrole nitrogens is 1. The summed E-state index contributed by atoms with van der Waals surface area (Å²) in [5, 5.41) is 6.48. The Balaban J connectivity index is 0.000000807. The van der Waals surface area contributed by atoms with Crippen molar-refractivity contribution in [2.45, 2.75) is 105 Å². The normalized spacial score (nSPS) is 16.2. The standard InChI is InChI=1S/C20H28N6O.2C2H6/c1-12(13(2)27)22-20-23-16-10-6-9-15(16)18(26-20)25-19-21-11-17(24-19)14-7-4-3-5-8-14;2*1-2/h11-12,14H,3-10H2,1-2H3,(H3,21,22,23,24,25,26);2*1-2H3. The van der Waals surface area contributed by atoms with E-state index in [-0.39, 0.29) is 11.8 Å². The predicted octanol–water partition coefficient (Wildman–Crippen LogP) is 5.92. The number of carbonyl (C=O) groups is 1. The van der Waals surface area contributed by atoms with Crippen LogP contribution in [0.15, 0.2) is 6.20 Å². The Morgan fingerprint density at radius 3 is 2.45 bits per heavy atom. The fraction of sp³-hybridized carbons (Fsp3) is 0.667. The second kappa shape index (κ2) is 12.4. The van der Waals surface area contributed by atoms with Crippen LogP contribution >= 0.6 is 0 Å². The Bertz CT molecular complexity index is 825. The summed E-state index contributed by atoms with van der Waals surface area (Å²) >= 11 is 0. The first-order valence-electron chi connectivity index (χ1n) is 12.1. The van der Waals surface area contributed by atoms with Crippen molar-refractivity contribution in [1.82, 2.24) is 19.9 Å². The highest BCUT2D eigenvalue weighted by atomic mass is 16.1. The zero-order valence-electron chi connectivity index (χ0n) is 20.1. The topological polar surface area (TPSA) is 95.6 Å². The van der Waals surface area contributed by atoms with Gasteiger partial charge in [0.1, 0.15) is 5.82 Å². The average molecular weight is 429 g/mol. The first-order chi connectivity index (χ1) is 15.1. The highest BCUT2D eigenvalue weighted by Crippen LogP contribution is 2.33. The quantitative estimate of drug-likeness (QED) is 0.528. The SMILES string of the molecule is CC.CC.CC(=O)C(C)Nc1nc2c(c(Nc3ncc(C4CCCCC4)[nH]3)n1)CCC2. The number of hydrogen-bond donors (Lipinski definition) is 3. The van der Waals surface area contributed by atoms with Gasteiger partial charge in [-0.3, -0.25) is 4.79 Å². The highest BCUT2D eigenvalue weighted by molar-refractivity contribution is 5.83. The van der Waals surface area contributed by atoms with Crippen molar-refractivity contribution in [3.63, 3.8) is 0 Å². The van der Waals surface area contributed by atoms with Crippen LogP contribution in [0, 0.1) is 0 Å². The van der Waals surface area contributed by atoms with E-state index >= 15 is 0 Å². The number of hydrogen-bond acceptors (Lipinski definition) is 6. The maximum absolute atomic E-state index is 11.6. The summed E-state index contributed by atoms with van der Waals surface area (Å²) in [6, 6.07) is -0.307. The molecular weight excluding hydrogens is 388 g/mol. The van der Waals surface area contributed by atoms with Gasteiger partial charge in [-0.1, -0.05) is 47.0 Å². The van der Waals surface area contributed by atoms with Gasteiger partial charge in [-0.25, -0.2) is 9.97 Å². The third kappa shape index (κ3) is 6.52. The molecular formula is C24H40N6O. The van der Waals surface area contributed by atoms with Crippen LogP contribution in [0.3, 0.4) is 0 Å². The van der Waals surface area contributed by atoms with E-state index in [1.54, 1.807) is 6.92 Å². The molecule has 1 unspecified atom stereocenters. The lowest BCUT2D eigenvalue weighted by atomic mass is 9.87. The summed E-state index contributed by atoms with van der Waals surface area (Å²) < 4.78 is 0. The number of aromatic nitrogens is 4. The molecule has 1 fully saturated rings. The van der Waals surface area contributed by atoms with E-state index in [0.717, 1.165) is 42.3 Å². The average Bonchev–Trinajstić information content (AvgIpc) is 3.47. The zero-order chi connectivity index (χ0) is 22.8. The van der Waals surface area contributed by atoms with Crippen LogP contribution in [0.5, 0.6) is 0 Å². The molecule has 0 aliphatic heterocycles. The number of fused-ring (bicyclic) bond motifs is 1. The lowest BCUT2D eigenvalue weighted by molar-refractivity contribution is -0.117. The van der Waals surface area contributed by atoms with E-state index in [0.29, 0.717) is 11.9 Å². The van der Waals surface area contributed by atoms with Crippen LogP contribution in [0.4, 0.5) is 17.7 Å². The van der Waals surface area contributed by atoms with Crippen LogP contribution in [0.1, 0.15) is 103 Å². The summed E-state index contributed by atoms with van der Waals surface area (Å²) in [6.45, 7) is 11.4. The van der Waals surface area contributed by atoms with E-state index in [9.17, 15) is 4.79 Å². The maximum Gasteiger partial charge on any atom is 0.225 e. The maximum atomic E-state index is 11.6. The number of imidazole rings is 1. The molecule has 0 radical (unpaired) electrons. The largest absolute Gasteiger partial charge is 0.345 e. The van der Waals surface area contributed by atoms with Crippen LogP contribution < -0.4 is 10.6 Å². The molecule has 172 valence electrons. The molecule has 1 atom stereocenters. The first-order valence-corrected chi connectivity index (χ1v) is 12.1. The molecule has 0 bridgehead atoms. The number of aromatic amines is 1. The first kappa shape index (κ1) is 24.8. The van der Waals surface area contributed by atoms with E-state index in [2.05, 4.69) is 30.6 Å². The second-order valence-corrected chi connectivity index (χ2v) is 7.80. The monoisotopic (exact) mass is 428 g/mol. The van der Waals surface area contributed by atoms with Crippen molar-refractivity contribution >= 4 is 23.5 Å². The molecule has 1 saturated carbocycles. The number of nitrogens with one attached hydrogen (secondary N) is 3. The van der Waals surface area contributed by atoms with Crippen LogP contribution in [-0.2, 0) is 17.6 Å². The second-order valence-electron chi connectivity index (χ2n) is 7.80. The minimum atomic E-state index is -0.307. The number of aryl methyl sites for hydroxylation is 1. The number of carbonyl (C=O) groups excluding carboxylic acids is 1. The molecule has 2 aromatic heterocycles. The molecule has 0 saturated heterocycles. The smallest absolute Gasteiger partial charge is 0.225 e. The van der Waals surface area contributed by atoms with Crippen molar-refractivity contribution in [2.75, 3.05) is 10.6 Å².